The molecule has 2 N–H and O–H groups in total. The van der Waals surface area contributed by atoms with E-state index in [0.717, 1.165) is 29.9 Å². The van der Waals surface area contributed by atoms with Crippen LogP contribution < -0.4 is 10.6 Å². The lowest BCUT2D eigenvalue weighted by atomic mass is 9.91. The minimum Gasteiger partial charge on any atom is -0.346 e. The lowest BCUT2D eigenvalue weighted by Gasteiger charge is -2.38. The van der Waals surface area contributed by atoms with Crippen molar-refractivity contribution in [2.75, 3.05) is 25.0 Å². The first kappa shape index (κ1) is 19.4. The predicted molar refractivity (Wildman–Crippen MR) is 102 cm³/mol. The summed E-state index contributed by atoms with van der Waals surface area (Å²) < 4.78 is 0. The highest BCUT2D eigenvalue weighted by molar-refractivity contribution is 5.96. The molecule has 138 valence electrons. The number of amides is 2. The molecule has 1 aliphatic heterocycles. The van der Waals surface area contributed by atoms with E-state index in [1.807, 2.05) is 39.0 Å². The Morgan fingerprint density at radius 2 is 1.72 bits per heavy atom. The maximum Gasteiger partial charge on any atom is 0.243 e. The third kappa shape index (κ3) is 5.30. The molecule has 1 heterocycles. The van der Waals surface area contributed by atoms with E-state index in [0.29, 0.717) is 11.8 Å². The summed E-state index contributed by atoms with van der Waals surface area (Å²) in [4.78, 5) is 26.8. The van der Waals surface area contributed by atoms with E-state index < -0.39 is 0 Å². The topological polar surface area (TPSA) is 61.4 Å². The standard InChI is InChI=1S/C20H31N3O2/c1-13-9-14(2)12-23(11-13)17(5)20(25)21-10-18(24)22-19-15(3)7-6-8-16(19)4/h6-8,13-14,17H,9-12H2,1-5H3,(H,21,25)(H,22,24)/t13-,14-,17+/m0/s1. The number of para-hydroxylation sites is 1. The monoisotopic (exact) mass is 345 g/mol. The van der Waals surface area contributed by atoms with Gasteiger partial charge in [0, 0.05) is 18.8 Å². The van der Waals surface area contributed by atoms with Crippen molar-refractivity contribution in [1.29, 1.82) is 0 Å². The normalized spacial score (nSPS) is 22.3. The van der Waals surface area contributed by atoms with Gasteiger partial charge in [0.05, 0.1) is 12.6 Å². The summed E-state index contributed by atoms with van der Waals surface area (Å²) >= 11 is 0. The first-order chi connectivity index (χ1) is 11.8. The molecule has 1 fully saturated rings. The number of benzene rings is 1. The van der Waals surface area contributed by atoms with Gasteiger partial charge in [0.2, 0.25) is 11.8 Å². The van der Waals surface area contributed by atoms with Gasteiger partial charge in [-0.3, -0.25) is 14.5 Å². The number of rotatable bonds is 5. The van der Waals surface area contributed by atoms with Gasteiger partial charge in [0.15, 0.2) is 0 Å². The molecular weight excluding hydrogens is 314 g/mol. The van der Waals surface area contributed by atoms with Crippen LogP contribution in [0.5, 0.6) is 0 Å². The summed E-state index contributed by atoms with van der Waals surface area (Å²) in [5.41, 5.74) is 2.86. The SMILES string of the molecule is Cc1cccc(C)c1NC(=O)CNC(=O)[C@@H](C)N1C[C@@H](C)C[C@H](C)C1. The maximum absolute atomic E-state index is 12.4. The van der Waals surface area contributed by atoms with Gasteiger partial charge < -0.3 is 10.6 Å². The molecule has 2 rings (SSSR count). The van der Waals surface area contributed by atoms with E-state index >= 15 is 0 Å². The number of piperidine rings is 1. The number of hydrogen-bond acceptors (Lipinski definition) is 3. The molecule has 5 nitrogen and oxygen atoms in total. The number of aryl methyl sites for hydroxylation is 2. The minimum absolute atomic E-state index is 0.00407. The molecular formula is C20H31N3O2. The molecule has 1 aliphatic rings. The summed E-state index contributed by atoms with van der Waals surface area (Å²) in [7, 11) is 0. The molecule has 25 heavy (non-hydrogen) atoms. The van der Waals surface area contributed by atoms with E-state index in [1.54, 1.807) is 0 Å². The van der Waals surface area contributed by atoms with Gasteiger partial charge in [-0.05, 0) is 50.2 Å². The van der Waals surface area contributed by atoms with Gasteiger partial charge in [-0.1, -0.05) is 32.0 Å². The van der Waals surface area contributed by atoms with Gasteiger partial charge in [0.25, 0.3) is 0 Å². The van der Waals surface area contributed by atoms with Gasteiger partial charge >= 0.3 is 0 Å². The predicted octanol–water partition coefficient (Wildman–Crippen LogP) is 2.72. The molecule has 0 saturated carbocycles. The fraction of sp³-hybridized carbons (Fsp3) is 0.600. The second-order valence-electron chi connectivity index (χ2n) is 7.61. The zero-order valence-corrected chi connectivity index (χ0v) is 16.1. The summed E-state index contributed by atoms with van der Waals surface area (Å²) in [5.74, 6) is 0.925. The second kappa shape index (κ2) is 8.48. The summed E-state index contributed by atoms with van der Waals surface area (Å²) in [6.07, 6.45) is 1.21. The molecule has 0 aliphatic carbocycles. The summed E-state index contributed by atoms with van der Waals surface area (Å²) in [6.45, 7) is 12.2. The smallest absolute Gasteiger partial charge is 0.243 e. The van der Waals surface area contributed by atoms with Crippen LogP contribution >= 0.6 is 0 Å². The molecule has 3 atom stereocenters. The van der Waals surface area contributed by atoms with E-state index in [9.17, 15) is 9.59 Å². The molecule has 1 saturated heterocycles. The van der Waals surface area contributed by atoms with Crippen molar-refractivity contribution in [3.8, 4) is 0 Å². The van der Waals surface area contributed by atoms with Crippen molar-refractivity contribution in [1.82, 2.24) is 10.2 Å². The zero-order chi connectivity index (χ0) is 18.6. The summed E-state index contributed by atoms with van der Waals surface area (Å²) in [5, 5.41) is 5.67. The van der Waals surface area contributed by atoms with Crippen molar-refractivity contribution in [3.63, 3.8) is 0 Å². The van der Waals surface area contributed by atoms with Crippen LogP contribution in [-0.2, 0) is 9.59 Å². The first-order valence-corrected chi connectivity index (χ1v) is 9.15. The van der Waals surface area contributed by atoms with E-state index in [2.05, 4.69) is 29.4 Å². The quantitative estimate of drug-likeness (QED) is 0.862. The Kier molecular flexibility index (Phi) is 6.59. The molecule has 1 aromatic rings. The molecule has 1 aromatic carbocycles. The average Bonchev–Trinajstić information content (AvgIpc) is 2.54. The number of hydrogen-bond donors (Lipinski definition) is 2. The number of anilines is 1. The van der Waals surface area contributed by atoms with E-state index in [4.69, 9.17) is 0 Å². The highest BCUT2D eigenvalue weighted by Crippen LogP contribution is 2.22. The molecule has 0 bridgehead atoms. The highest BCUT2D eigenvalue weighted by Gasteiger charge is 2.28. The van der Waals surface area contributed by atoms with E-state index in [-0.39, 0.29) is 24.4 Å². The lowest BCUT2D eigenvalue weighted by molar-refractivity contribution is -0.128. The second-order valence-corrected chi connectivity index (χ2v) is 7.61. The molecule has 2 amide bonds. The van der Waals surface area contributed by atoms with Gasteiger partial charge in [-0.25, -0.2) is 0 Å². The minimum atomic E-state index is -0.210. The Balaban J connectivity index is 1.85. The van der Waals surface area contributed by atoms with Crippen LogP contribution in [0, 0.1) is 25.7 Å². The van der Waals surface area contributed by atoms with Crippen LogP contribution in [0.3, 0.4) is 0 Å². The van der Waals surface area contributed by atoms with Crippen molar-refractivity contribution < 1.29 is 9.59 Å². The van der Waals surface area contributed by atoms with Crippen LogP contribution in [0.2, 0.25) is 0 Å². The van der Waals surface area contributed by atoms with Crippen LogP contribution in [0.4, 0.5) is 5.69 Å². The Bertz CT molecular complexity index is 599. The molecule has 0 aromatic heterocycles. The van der Waals surface area contributed by atoms with Crippen LogP contribution in [0.1, 0.15) is 38.3 Å². The van der Waals surface area contributed by atoms with E-state index in [1.165, 1.54) is 6.42 Å². The third-order valence-electron chi connectivity index (χ3n) is 4.99. The van der Waals surface area contributed by atoms with Crippen molar-refractivity contribution in [2.45, 2.75) is 47.1 Å². The van der Waals surface area contributed by atoms with Gasteiger partial charge in [0.1, 0.15) is 0 Å². The van der Waals surface area contributed by atoms with Crippen LogP contribution in [0.25, 0.3) is 0 Å². The number of carbonyl (C=O) groups excluding carboxylic acids is 2. The van der Waals surface area contributed by atoms with Crippen molar-refractivity contribution >= 4 is 17.5 Å². The van der Waals surface area contributed by atoms with Gasteiger partial charge in [-0.2, -0.15) is 0 Å². The average molecular weight is 345 g/mol. The Labute approximate surface area is 151 Å². The van der Waals surface area contributed by atoms with Crippen molar-refractivity contribution in [3.05, 3.63) is 29.3 Å². The molecule has 0 spiro atoms. The van der Waals surface area contributed by atoms with Gasteiger partial charge in [-0.15, -0.1) is 0 Å². The Morgan fingerprint density at radius 3 is 2.28 bits per heavy atom. The third-order valence-corrected chi connectivity index (χ3v) is 4.99. The Morgan fingerprint density at radius 1 is 1.16 bits per heavy atom. The molecule has 0 unspecified atom stereocenters. The maximum atomic E-state index is 12.4. The highest BCUT2D eigenvalue weighted by atomic mass is 16.2. The zero-order valence-electron chi connectivity index (χ0n) is 16.1. The van der Waals surface area contributed by atoms with Crippen molar-refractivity contribution in [2.24, 2.45) is 11.8 Å². The number of nitrogens with zero attached hydrogens (tertiary/aromatic N) is 1. The summed E-state index contributed by atoms with van der Waals surface area (Å²) in [6, 6.07) is 5.67. The number of likely N-dealkylation sites (tertiary alicyclic amines) is 1. The number of nitrogens with one attached hydrogen (secondary N) is 2. The fourth-order valence-electron chi connectivity index (χ4n) is 3.70. The molecule has 5 heteroatoms. The Hall–Kier alpha value is -1.88. The van der Waals surface area contributed by atoms with Crippen LogP contribution in [0.15, 0.2) is 18.2 Å². The van der Waals surface area contributed by atoms with Crippen LogP contribution in [-0.4, -0.2) is 42.4 Å². The number of carbonyl (C=O) groups is 2. The molecule has 0 radical (unpaired) electrons. The first-order valence-electron chi connectivity index (χ1n) is 9.15. The fourth-order valence-corrected chi connectivity index (χ4v) is 3.70. The largest absolute Gasteiger partial charge is 0.346 e. The lowest BCUT2D eigenvalue weighted by Crippen LogP contribution is -2.51.